The van der Waals surface area contributed by atoms with Crippen LogP contribution in [-0.4, -0.2) is 33.3 Å². The summed E-state index contributed by atoms with van der Waals surface area (Å²) in [6, 6.07) is 16.8. The molecule has 8 heteroatoms. The molecule has 0 spiro atoms. The van der Waals surface area contributed by atoms with Gasteiger partial charge in [-0.15, -0.1) is 11.3 Å². The molecule has 0 bridgehead atoms. The second kappa shape index (κ2) is 7.74. The highest BCUT2D eigenvalue weighted by Crippen LogP contribution is 2.39. The van der Waals surface area contributed by atoms with Crippen molar-refractivity contribution in [1.82, 2.24) is 20.2 Å². The van der Waals surface area contributed by atoms with Gasteiger partial charge in [0, 0.05) is 39.0 Å². The molecule has 5 N–H and O–H groups in total. The number of nitrogen functional groups attached to an aromatic ring is 1. The maximum atomic E-state index is 5.85. The van der Waals surface area contributed by atoms with Gasteiger partial charge in [-0.25, -0.2) is 4.98 Å². The normalized spacial score (nSPS) is 11.4. The van der Waals surface area contributed by atoms with E-state index in [1.165, 1.54) is 15.0 Å². The lowest BCUT2D eigenvalue weighted by atomic mass is 10.1. The number of aromatic amines is 1. The lowest BCUT2D eigenvalue weighted by Crippen LogP contribution is -2.22. The Balaban J connectivity index is 1.68. The largest absolute Gasteiger partial charge is 0.368 e. The Hall–Kier alpha value is -3.49. The van der Waals surface area contributed by atoms with Crippen LogP contribution in [0, 0.1) is 0 Å². The summed E-state index contributed by atoms with van der Waals surface area (Å²) >= 11 is 1.77. The Morgan fingerprint density at radius 2 is 1.97 bits per heavy atom. The van der Waals surface area contributed by atoms with Crippen LogP contribution in [0.15, 0.2) is 60.9 Å². The summed E-state index contributed by atoms with van der Waals surface area (Å²) in [7, 11) is 0. The van der Waals surface area contributed by atoms with Gasteiger partial charge in [0.15, 0.2) is 0 Å². The summed E-state index contributed by atoms with van der Waals surface area (Å²) in [6.45, 7) is 1.32. The quantitative estimate of drug-likeness (QED) is 0.381. The van der Waals surface area contributed by atoms with E-state index >= 15 is 0 Å². The predicted octanol–water partition coefficient (Wildman–Crippen LogP) is 4.30. The molecule has 0 fully saturated rings. The minimum atomic E-state index is 0.249. The Morgan fingerprint density at radius 1 is 1.07 bits per heavy atom. The minimum Gasteiger partial charge on any atom is -0.368 e. The molecule has 0 saturated heterocycles. The van der Waals surface area contributed by atoms with Gasteiger partial charge in [-0.3, -0.25) is 5.10 Å². The van der Waals surface area contributed by atoms with Crippen LogP contribution in [0.3, 0.4) is 0 Å². The van der Waals surface area contributed by atoms with Gasteiger partial charge in [-0.2, -0.15) is 10.1 Å². The number of anilines is 3. The van der Waals surface area contributed by atoms with E-state index in [0.717, 1.165) is 40.9 Å². The fraction of sp³-hybridized carbons (Fsp3) is 0.136. The third kappa shape index (κ3) is 3.36. The van der Waals surface area contributed by atoms with Crippen molar-refractivity contribution in [2.75, 3.05) is 23.7 Å². The maximum Gasteiger partial charge on any atom is 0.221 e. The fourth-order valence-corrected chi connectivity index (χ4v) is 4.73. The van der Waals surface area contributed by atoms with E-state index in [4.69, 9.17) is 11.5 Å². The van der Waals surface area contributed by atoms with Crippen LogP contribution in [0.25, 0.3) is 31.4 Å². The molecule has 3 aromatic heterocycles. The number of nitrogens with one attached hydrogen (secondary N) is 1. The van der Waals surface area contributed by atoms with Crippen molar-refractivity contribution in [3.05, 3.63) is 60.9 Å². The number of hydrogen-bond donors (Lipinski definition) is 3. The molecule has 2 aromatic carbocycles. The van der Waals surface area contributed by atoms with Gasteiger partial charge in [0.1, 0.15) is 5.82 Å². The Kier molecular flexibility index (Phi) is 4.78. The van der Waals surface area contributed by atoms with Gasteiger partial charge >= 0.3 is 0 Å². The molecule has 0 unspecified atom stereocenters. The lowest BCUT2D eigenvalue weighted by Gasteiger charge is -2.24. The Labute approximate surface area is 177 Å². The molecule has 5 rings (SSSR count). The zero-order valence-corrected chi connectivity index (χ0v) is 17.1. The molecular weight excluding hydrogens is 394 g/mol. The van der Waals surface area contributed by atoms with Crippen molar-refractivity contribution in [2.24, 2.45) is 5.73 Å². The lowest BCUT2D eigenvalue weighted by molar-refractivity contribution is 0.809. The van der Waals surface area contributed by atoms with Crippen molar-refractivity contribution in [2.45, 2.75) is 6.42 Å². The van der Waals surface area contributed by atoms with Crippen LogP contribution in [0.4, 0.5) is 17.5 Å². The first-order chi connectivity index (χ1) is 14.7. The highest BCUT2D eigenvalue weighted by molar-refractivity contribution is 7.22. The molecule has 0 radical (unpaired) electrons. The van der Waals surface area contributed by atoms with Crippen molar-refractivity contribution < 1.29 is 0 Å². The number of benzene rings is 2. The number of rotatable bonds is 6. The second-order valence-corrected chi connectivity index (χ2v) is 8.13. The first kappa shape index (κ1) is 18.5. The number of thiophene rings is 1. The molecule has 0 aliphatic rings. The van der Waals surface area contributed by atoms with E-state index in [2.05, 4.69) is 67.5 Å². The van der Waals surface area contributed by atoms with Gasteiger partial charge in [0.2, 0.25) is 5.95 Å². The van der Waals surface area contributed by atoms with E-state index < -0.39 is 0 Å². The Morgan fingerprint density at radius 3 is 2.80 bits per heavy atom. The monoisotopic (exact) mass is 415 g/mol. The molecule has 0 aliphatic carbocycles. The predicted molar refractivity (Wildman–Crippen MR) is 124 cm³/mol. The summed E-state index contributed by atoms with van der Waals surface area (Å²) in [5.41, 5.74) is 14.8. The fourth-order valence-electron chi connectivity index (χ4n) is 3.65. The third-order valence-electron chi connectivity index (χ3n) is 5.06. The average molecular weight is 416 g/mol. The maximum absolute atomic E-state index is 5.85. The molecule has 7 nitrogen and oxygen atoms in total. The van der Waals surface area contributed by atoms with Crippen molar-refractivity contribution in [3.8, 4) is 10.4 Å². The van der Waals surface area contributed by atoms with E-state index in [1.807, 2.05) is 12.3 Å². The Bertz CT molecular complexity index is 1290. The summed E-state index contributed by atoms with van der Waals surface area (Å²) in [5, 5.41) is 9.72. The minimum absolute atomic E-state index is 0.249. The molecule has 3 heterocycles. The summed E-state index contributed by atoms with van der Waals surface area (Å²) in [6.07, 6.45) is 4.35. The first-order valence-corrected chi connectivity index (χ1v) is 10.6. The van der Waals surface area contributed by atoms with Crippen LogP contribution in [-0.2, 0) is 0 Å². The topological polar surface area (TPSA) is 110 Å². The number of H-pyrrole nitrogens is 1. The summed E-state index contributed by atoms with van der Waals surface area (Å²) in [4.78, 5) is 11.8. The van der Waals surface area contributed by atoms with Gasteiger partial charge in [0.25, 0.3) is 0 Å². The average Bonchev–Trinajstić information content (AvgIpc) is 3.40. The zero-order valence-electron chi connectivity index (χ0n) is 16.2. The van der Waals surface area contributed by atoms with Crippen LogP contribution in [0.2, 0.25) is 0 Å². The van der Waals surface area contributed by atoms with E-state index in [9.17, 15) is 0 Å². The molecule has 150 valence electrons. The summed E-state index contributed by atoms with van der Waals surface area (Å²) in [5.74, 6) is 1.00. The molecule has 5 aromatic rings. The number of nitrogens with two attached hydrogens (primary N) is 2. The van der Waals surface area contributed by atoms with Crippen molar-refractivity contribution in [3.63, 3.8) is 0 Å². The zero-order chi connectivity index (χ0) is 20.5. The van der Waals surface area contributed by atoms with Crippen LogP contribution in [0.5, 0.6) is 0 Å². The van der Waals surface area contributed by atoms with E-state index in [-0.39, 0.29) is 5.95 Å². The van der Waals surface area contributed by atoms with Crippen molar-refractivity contribution in [1.29, 1.82) is 0 Å². The molecule has 30 heavy (non-hydrogen) atoms. The SMILES string of the molecule is NCCCN(c1cc(-c2cc3ccccc3s2)c2[nH]ncc2c1)c1ccnc(N)n1. The number of hydrogen-bond acceptors (Lipinski definition) is 7. The number of nitrogens with zero attached hydrogens (tertiary/aromatic N) is 4. The molecular formula is C22H21N7S. The van der Waals surface area contributed by atoms with E-state index in [0.29, 0.717) is 6.54 Å². The highest BCUT2D eigenvalue weighted by Gasteiger charge is 2.17. The van der Waals surface area contributed by atoms with Crippen LogP contribution in [0.1, 0.15) is 6.42 Å². The molecule has 0 aliphatic heterocycles. The van der Waals surface area contributed by atoms with Crippen molar-refractivity contribution >= 4 is 49.8 Å². The second-order valence-electron chi connectivity index (χ2n) is 7.04. The number of aromatic nitrogens is 4. The van der Waals surface area contributed by atoms with Crippen LogP contribution >= 0.6 is 11.3 Å². The van der Waals surface area contributed by atoms with Gasteiger partial charge in [-0.1, -0.05) is 18.2 Å². The standard InChI is InChI=1S/C22H21N7S/c23-7-3-9-29(20-6-8-25-22(24)27-20)16-10-15-13-26-28-21(15)17(12-16)19-11-14-4-1-2-5-18(14)30-19/h1-2,4-6,8,10-13H,3,7,9,23H2,(H,26,28)(H2,24,25,27). The highest BCUT2D eigenvalue weighted by atomic mass is 32.1. The smallest absolute Gasteiger partial charge is 0.221 e. The van der Waals surface area contributed by atoms with Gasteiger partial charge < -0.3 is 16.4 Å². The summed E-state index contributed by atoms with van der Waals surface area (Å²) < 4.78 is 1.26. The number of fused-ring (bicyclic) bond motifs is 2. The van der Waals surface area contributed by atoms with E-state index in [1.54, 1.807) is 17.5 Å². The van der Waals surface area contributed by atoms with Gasteiger partial charge in [0.05, 0.1) is 11.7 Å². The molecule has 0 atom stereocenters. The van der Waals surface area contributed by atoms with Gasteiger partial charge in [-0.05, 0) is 48.7 Å². The third-order valence-corrected chi connectivity index (χ3v) is 6.21. The first-order valence-electron chi connectivity index (χ1n) is 9.75. The van der Waals surface area contributed by atoms with Crippen LogP contribution < -0.4 is 16.4 Å². The molecule has 0 amide bonds. The molecule has 0 saturated carbocycles.